The molecule has 1 N–H and O–H groups in total. The quantitative estimate of drug-likeness (QED) is 0.189. The van der Waals surface area contributed by atoms with E-state index in [0.717, 1.165) is 39.4 Å². The Balaban J connectivity index is 1.30. The van der Waals surface area contributed by atoms with Crippen molar-refractivity contribution in [2.24, 2.45) is 0 Å². The van der Waals surface area contributed by atoms with Gasteiger partial charge in [0.15, 0.2) is 17.5 Å². The number of carbonyl (C=O) groups excluding carboxylic acids is 1. The van der Waals surface area contributed by atoms with Crippen molar-refractivity contribution < 1.29 is 22.5 Å². The molecule has 6 aromatic rings. The van der Waals surface area contributed by atoms with Crippen LogP contribution in [-0.4, -0.2) is 44.5 Å². The van der Waals surface area contributed by atoms with Crippen LogP contribution in [0.1, 0.15) is 51.8 Å². The number of benzene rings is 2. The number of H-pyrrole nitrogens is 1. The van der Waals surface area contributed by atoms with Gasteiger partial charge in [-0.25, -0.2) is 22.9 Å². The lowest BCUT2D eigenvalue weighted by atomic mass is 9.92. The van der Waals surface area contributed by atoms with Gasteiger partial charge >= 0.3 is 5.76 Å². The van der Waals surface area contributed by atoms with E-state index in [0.29, 0.717) is 58.8 Å². The molecule has 48 heavy (non-hydrogen) atoms. The second kappa shape index (κ2) is 11.7. The lowest BCUT2D eigenvalue weighted by Crippen LogP contribution is -2.22. The third-order valence-electron chi connectivity index (χ3n) is 9.01. The molecule has 1 amide bonds. The monoisotopic (exact) mass is 668 g/mol. The van der Waals surface area contributed by atoms with Gasteiger partial charge in [-0.2, -0.15) is 0 Å². The zero-order chi connectivity index (χ0) is 33.1. The normalized spacial score (nSPS) is 15.4. The summed E-state index contributed by atoms with van der Waals surface area (Å²) in [5.41, 5.74) is 4.38. The van der Waals surface area contributed by atoms with Gasteiger partial charge in [0.2, 0.25) is 0 Å². The largest absolute Gasteiger partial charge is 0.439 e. The molecule has 13 heteroatoms. The minimum Gasteiger partial charge on any atom is -0.354 e. The summed E-state index contributed by atoms with van der Waals surface area (Å²) in [5, 5.41) is 4.91. The summed E-state index contributed by atoms with van der Waals surface area (Å²) in [4.78, 5) is 43.2. The number of anilines is 1. The fourth-order valence-electron chi connectivity index (χ4n) is 6.82. The molecule has 0 saturated carbocycles. The minimum absolute atomic E-state index is 0.126. The molecule has 0 bridgehead atoms. The Morgan fingerprint density at radius 1 is 0.979 bits per heavy atom. The van der Waals surface area contributed by atoms with Gasteiger partial charge in [0.1, 0.15) is 11.6 Å². The molecular formula is C35H27F3N6O3S. The highest BCUT2D eigenvalue weighted by atomic mass is 32.1. The number of nitrogens with zero attached hydrogens (tertiary/aromatic N) is 5. The zero-order valence-corrected chi connectivity index (χ0v) is 26.4. The summed E-state index contributed by atoms with van der Waals surface area (Å²) in [7, 11) is 1.82. The second-order valence-electron chi connectivity index (χ2n) is 12.1. The molecule has 8 rings (SSSR count). The second-order valence-corrected chi connectivity index (χ2v) is 13.1. The Morgan fingerprint density at radius 3 is 2.56 bits per heavy atom. The number of fused-ring (bicyclic) bond motifs is 4. The lowest BCUT2D eigenvalue weighted by Gasteiger charge is -2.19. The van der Waals surface area contributed by atoms with Crippen molar-refractivity contribution >= 4 is 33.1 Å². The maximum atomic E-state index is 14.1. The first-order valence-corrected chi connectivity index (χ1v) is 16.3. The van der Waals surface area contributed by atoms with Gasteiger partial charge in [0, 0.05) is 36.8 Å². The smallest absolute Gasteiger partial charge is 0.354 e. The van der Waals surface area contributed by atoms with E-state index in [4.69, 9.17) is 9.51 Å². The molecule has 0 radical (unpaired) electrons. The number of carbonyl (C=O) groups is 1. The van der Waals surface area contributed by atoms with E-state index in [1.165, 1.54) is 35.6 Å². The Hall–Kier alpha value is -5.30. The van der Waals surface area contributed by atoms with Crippen molar-refractivity contribution in [3.63, 3.8) is 0 Å². The molecular weight excluding hydrogens is 641 g/mol. The number of halogens is 3. The first-order chi connectivity index (χ1) is 23.2. The molecule has 242 valence electrons. The standard InChI is InChI=1S/C35H27F3N6O3S/c1-43(17-19-6-10-22(37)23(38)15-19)33-31-20(12-13-39-33)16-26(48-31)28-27(32-41-35(46)47-42-32)24(11-7-18-4-8-21(36)9-5-18)40-30-25-3-2-14-44(25)34(45)29(28)30/h4-6,8-10,12-13,15-16,25H,2-3,7,11,14,17H2,1H3,(H,41,42,46)/t25-/m1/s1. The van der Waals surface area contributed by atoms with Gasteiger partial charge in [-0.3, -0.25) is 19.3 Å². The maximum Gasteiger partial charge on any atom is 0.439 e. The van der Waals surface area contributed by atoms with Crippen molar-refractivity contribution in [2.75, 3.05) is 18.5 Å². The third kappa shape index (κ3) is 5.14. The van der Waals surface area contributed by atoms with Gasteiger partial charge in [-0.1, -0.05) is 23.4 Å². The summed E-state index contributed by atoms with van der Waals surface area (Å²) in [6.07, 6.45) is 4.29. The van der Waals surface area contributed by atoms with Gasteiger partial charge in [-0.05, 0) is 78.6 Å². The Kier molecular flexibility index (Phi) is 7.35. The van der Waals surface area contributed by atoms with Gasteiger partial charge in [0.05, 0.1) is 33.3 Å². The van der Waals surface area contributed by atoms with E-state index in [1.54, 1.807) is 18.3 Å². The SMILES string of the molecule is CN(Cc1ccc(F)c(F)c1)c1nccc2cc(-c3c4c(nc(CCc5ccc(F)cc5)c3-c3noc(=O)[nH]3)[C@H]3CCCN3C4=O)sc12. The lowest BCUT2D eigenvalue weighted by molar-refractivity contribution is 0.0776. The van der Waals surface area contributed by atoms with Crippen LogP contribution in [0.3, 0.4) is 0 Å². The summed E-state index contributed by atoms with van der Waals surface area (Å²) in [6, 6.07) is 13.8. The van der Waals surface area contributed by atoms with Crippen molar-refractivity contribution in [3.05, 3.63) is 117 Å². The first-order valence-electron chi connectivity index (χ1n) is 15.5. The highest BCUT2D eigenvalue weighted by Crippen LogP contribution is 2.50. The van der Waals surface area contributed by atoms with Crippen LogP contribution in [0, 0.1) is 17.5 Å². The van der Waals surface area contributed by atoms with Gasteiger partial charge in [0.25, 0.3) is 5.91 Å². The van der Waals surface area contributed by atoms with Crippen LogP contribution in [0.15, 0.2) is 70.1 Å². The number of thiophene rings is 1. The first kappa shape index (κ1) is 30.1. The van der Waals surface area contributed by atoms with Crippen LogP contribution >= 0.6 is 11.3 Å². The van der Waals surface area contributed by atoms with E-state index in [9.17, 15) is 22.8 Å². The number of amides is 1. The number of aromatic nitrogens is 4. The average Bonchev–Trinajstić information content (AvgIpc) is 3.87. The number of hydrogen-bond acceptors (Lipinski definition) is 8. The molecule has 2 aliphatic heterocycles. The predicted octanol–water partition coefficient (Wildman–Crippen LogP) is 6.83. The molecule has 1 atom stereocenters. The number of nitrogens with one attached hydrogen (secondary N) is 1. The number of pyridine rings is 2. The average molecular weight is 669 g/mol. The van der Waals surface area contributed by atoms with Crippen LogP contribution < -0.4 is 10.7 Å². The molecule has 0 aliphatic carbocycles. The van der Waals surface area contributed by atoms with E-state index < -0.39 is 17.4 Å². The van der Waals surface area contributed by atoms with E-state index in [-0.39, 0.29) is 30.1 Å². The van der Waals surface area contributed by atoms with Gasteiger partial charge in [-0.15, -0.1) is 11.3 Å². The Labute approximate surface area is 275 Å². The van der Waals surface area contributed by atoms with Crippen molar-refractivity contribution in [1.82, 2.24) is 25.0 Å². The van der Waals surface area contributed by atoms with Crippen LogP contribution in [0.4, 0.5) is 19.0 Å². The molecule has 2 aliphatic rings. The van der Waals surface area contributed by atoms with Crippen molar-refractivity contribution in [2.45, 2.75) is 38.3 Å². The molecule has 1 saturated heterocycles. The third-order valence-corrected chi connectivity index (χ3v) is 10.2. The predicted molar refractivity (Wildman–Crippen MR) is 174 cm³/mol. The zero-order valence-electron chi connectivity index (χ0n) is 25.6. The highest BCUT2D eigenvalue weighted by molar-refractivity contribution is 7.23. The molecule has 4 aromatic heterocycles. The topological polar surface area (TPSA) is 108 Å². The van der Waals surface area contributed by atoms with Crippen LogP contribution in [-0.2, 0) is 19.4 Å². The highest BCUT2D eigenvalue weighted by Gasteiger charge is 2.44. The van der Waals surface area contributed by atoms with Crippen LogP contribution in [0.25, 0.3) is 31.9 Å². The number of hydrogen-bond donors (Lipinski definition) is 1. The van der Waals surface area contributed by atoms with Gasteiger partial charge < -0.3 is 9.80 Å². The molecule has 0 spiro atoms. The number of aromatic amines is 1. The fraction of sp³-hybridized carbons (Fsp3) is 0.229. The van der Waals surface area contributed by atoms with E-state index in [1.807, 2.05) is 29.0 Å². The summed E-state index contributed by atoms with van der Waals surface area (Å²) in [6.45, 7) is 0.894. The number of rotatable bonds is 8. The molecule has 1 fully saturated rings. The minimum atomic E-state index is -0.921. The van der Waals surface area contributed by atoms with E-state index >= 15 is 0 Å². The molecule has 2 aromatic carbocycles. The van der Waals surface area contributed by atoms with Crippen LogP contribution in [0.5, 0.6) is 0 Å². The Bertz CT molecular complexity index is 2280. The Morgan fingerprint density at radius 2 is 1.79 bits per heavy atom. The summed E-state index contributed by atoms with van der Waals surface area (Å²) in [5.74, 6) is -2.24. The molecule has 9 nitrogen and oxygen atoms in total. The number of aryl methyl sites for hydroxylation is 2. The molecule has 6 heterocycles. The van der Waals surface area contributed by atoms with Crippen molar-refractivity contribution in [3.8, 4) is 21.8 Å². The van der Waals surface area contributed by atoms with E-state index in [2.05, 4.69) is 15.1 Å². The summed E-state index contributed by atoms with van der Waals surface area (Å²) >= 11 is 1.43. The summed E-state index contributed by atoms with van der Waals surface area (Å²) < 4.78 is 47.0. The molecule has 0 unspecified atom stereocenters. The fourth-order valence-corrected chi connectivity index (χ4v) is 8.07. The maximum absolute atomic E-state index is 14.1. The van der Waals surface area contributed by atoms with Crippen LogP contribution in [0.2, 0.25) is 0 Å². The van der Waals surface area contributed by atoms with Crippen molar-refractivity contribution in [1.29, 1.82) is 0 Å².